The number of methoxy groups -OCH3 is 1. The molecule has 0 unspecified atom stereocenters. The third-order valence-electron chi connectivity index (χ3n) is 1.74. The van der Waals surface area contributed by atoms with Gasteiger partial charge in [-0.05, 0) is 0 Å². The normalized spacial score (nSPS) is 10.2. The van der Waals surface area contributed by atoms with Crippen LogP contribution < -0.4 is 4.74 Å². The SMILES string of the molecule is COCCOc1cc(Cl)c(F)cc1[N+](=O)[O-]. The summed E-state index contributed by atoms with van der Waals surface area (Å²) in [5.41, 5.74) is -0.460. The van der Waals surface area contributed by atoms with Crippen LogP contribution in [0.2, 0.25) is 5.02 Å². The van der Waals surface area contributed by atoms with Crippen LogP contribution in [-0.2, 0) is 4.74 Å². The van der Waals surface area contributed by atoms with Gasteiger partial charge in [0.05, 0.1) is 22.6 Å². The van der Waals surface area contributed by atoms with E-state index in [9.17, 15) is 14.5 Å². The quantitative estimate of drug-likeness (QED) is 0.457. The van der Waals surface area contributed by atoms with Crippen LogP contribution in [0.5, 0.6) is 5.75 Å². The first-order valence-electron chi connectivity index (χ1n) is 4.31. The average Bonchev–Trinajstić information content (AvgIpc) is 2.23. The molecule has 1 rings (SSSR count). The van der Waals surface area contributed by atoms with Gasteiger partial charge in [-0.15, -0.1) is 0 Å². The minimum Gasteiger partial charge on any atom is -0.484 e. The molecule has 0 aliphatic rings. The minimum absolute atomic E-state index is 0.0755. The molecular weight excluding hydrogens is 241 g/mol. The van der Waals surface area contributed by atoms with E-state index in [0.717, 1.165) is 12.1 Å². The second-order valence-electron chi connectivity index (χ2n) is 2.83. The van der Waals surface area contributed by atoms with Gasteiger partial charge in [0.1, 0.15) is 12.4 Å². The van der Waals surface area contributed by atoms with Crippen molar-refractivity contribution in [3.05, 3.63) is 33.1 Å². The second-order valence-corrected chi connectivity index (χ2v) is 3.24. The highest BCUT2D eigenvalue weighted by molar-refractivity contribution is 6.31. The molecule has 0 aliphatic carbocycles. The van der Waals surface area contributed by atoms with Crippen LogP contribution in [0.15, 0.2) is 12.1 Å². The minimum atomic E-state index is -0.854. The zero-order valence-electron chi connectivity index (χ0n) is 8.41. The first kappa shape index (κ1) is 12.7. The first-order chi connectivity index (χ1) is 7.56. The van der Waals surface area contributed by atoms with Crippen molar-refractivity contribution >= 4 is 17.3 Å². The Balaban J connectivity index is 2.95. The van der Waals surface area contributed by atoms with Gasteiger partial charge in [0.15, 0.2) is 5.75 Å². The van der Waals surface area contributed by atoms with Crippen LogP contribution in [0.25, 0.3) is 0 Å². The average molecular weight is 250 g/mol. The maximum Gasteiger partial charge on any atom is 0.313 e. The molecule has 0 spiro atoms. The smallest absolute Gasteiger partial charge is 0.313 e. The second kappa shape index (κ2) is 5.62. The molecule has 0 radical (unpaired) electrons. The summed E-state index contributed by atoms with van der Waals surface area (Å²) >= 11 is 5.49. The molecule has 16 heavy (non-hydrogen) atoms. The molecule has 0 heterocycles. The van der Waals surface area contributed by atoms with Crippen LogP contribution in [-0.4, -0.2) is 25.2 Å². The van der Waals surface area contributed by atoms with Crippen molar-refractivity contribution in [2.24, 2.45) is 0 Å². The third-order valence-corrected chi connectivity index (χ3v) is 2.03. The number of nitro benzene ring substituents is 1. The van der Waals surface area contributed by atoms with Crippen molar-refractivity contribution in [2.75, 3.05) is 20.3 Å². The van der Waals surface area contributed by atoms with Crippen molar-refractivity contribution < 1.29 is 18.8 Å². The van der Waals surface area contributed by atoms with E-state index < -0.39 is 16.4 Å². The molecule has 0 aromatic heterocycles. The summed E-state index contributed by atoms with van der Waals surface area (Å²) in [6.07, 6.45) is 0. The molecule has 0 saturated carbocycles. The number of hydrogen-bond acceptors (Lipinski definition) is 4. The number of halogens is 2. The first-order valence-corrected chi connectivity index (χ1v) is 4.69. The predicted octanol–water partition coefficient (Wildman–Crippen LogP) is 2.41. The summed E-state index contributed by atoms with van der Waals surface area (Å²) in [5, 5.41) is 10.4. The van der Waals surface area contributed by atoms with Crippen LogP contribution in [0.3, 0.4) is 0 Å². The van der Waals surface area contributed by atoms with Gasteiger partial charge < -0.3 is 9.47 Å². The molecular formula is C9H9ClFNO4. The maximum atomic E-state index is 13.0. The van der Waals surface area contributed by atoms with Gasteiger partial charge in [0.2, 0.25) is 0 Å². The molecule has 0 bridgehead atoms. The fourth-order valence-electron chi connectivity index (χ4n) is 1.01. The number of nitrogens with zero attached hydrogens (tertiary/aromatic N) is 1. The van der Waals surface area contributed by atoms with Crippen molar-refractivity contribution in [1.82, 2.24) is 0 Å². The molecule has 0 N–H and O–H groups in total. The Morgan fingerprint density at radius 1 is 1.50 bits per heavy atom. The zero-order valence-corrected chi connectivity index (χ0v) is 9.16. The van der Waals surface area contributed by atoms with Crippen molar-refractivity contribution in [3.8, 4) is 5.75 Å². The van der Waals surface area contributed by atoms with E-state index in [2.05, 4.69) is 0 Å². The highest BCUT2D eigenvalue weighted by atomic mass is 35.5. The summed E-state index contributed by atoms with van der Waals surface area (Å²) in [7, 11) is 1.47. The third kappa shape index (κ3) is 3.04. The molecule has 1 aromatic rings. The van der Waals surface area contributed by atoms with E-state index in [-0.39, 0.29) is 24.0 Å². The number of benzene rings is 1. The summed E-state index contributed by atoms with van der Waals surface area (Å²) in [4.78, 5) is 9.87. The summed E-state index contributed by atoms with van der Waals surface area (Å²) in [5.74, 6) is -0.930. The van der Waals surface area contributed by atoms with Crippen LogP contribution in [0.4, 0.5) is 10.1 Å². The number of hydrogen-bond donors (Lipinski definition) is 0. The Labute approximate surface area is 95.9 Å². The molecule has 0 aliphatic heterocycles. The molecule has 0 amide bonds. The van der Waals surface area contributed by atoms with Gasteiger partial charge in [0.25, 0.3) is 0 Å². The molecule has 5 nitrogen and oxygen atoms in total. The van der Waals surface area contributed by atoms with Crippen molar-refractivity contribution in [3.63, 3.8) is 0 Å². The van der Waals surface area contributed by atoms with Crippen LogP contribution >= 0.6 is 11.6 Å². The molecule has 0 fully saturated rings. The van der Waals surface area contributed by atoms with Gasteiger partial charge in [0, 0.05) is 13.2 Å². The van der Waals surface area contributed by atoms with Gasteiger partial charge in [-0.25, -0.2) is 4.39 Å². The number of nitro groups is 1. The zero-order chi connectivity index (χ0) is 12.1. The van der Waals surface area contributed by atoms with E-state index >= 15 is 0 Å². The van der Waals surface area contributed by atoms with Crippen LogP contribution in [0.1, 0.15) is 0 Å². The lowest BCUT2D eigenvalue weighted by Gasteiger charge is -2.06. The van der Waals surface area contributed by atoms with Gasteiger partial charge in [-0.1, -0.05) is 11.6 Å². The molecule has 1 aromatic carbocycles. The van der Waals surface area contributed by atoms with Gasteiger partial charge >= 0.3 is 5.69 Å². The Morgan fingerprint density at radius 3 is 2.75 bits per heavy atom. The largest absolute Gasteiger partial charge is 0.484 e. The lowest BCUT2D eigenvalue weighted by atomic mass is 10.3. The predicted molar refractivity (Wildman–Crippen MR) is 55.4 cm³/mol. The van der Waals surface area contributed by atoms with Crippen molar-refractivity contribution in [1.29, 1.82) is 0 Å². The Kier molecular flexibility index (Phi) is 4.45. The van der Waals surface area contributed by atoms with Crippen LogP contribution in [0, 0.1) is 15.9 Å². The fourth-order valence-corrected chi connectivity index (χ4v) is 1.16. The molecule has 7 heteroatoms. The lowest BCUT2D eigenvalue weighted by Crippen LogP contribution is -2.06. The monoisotopic (exact) mass is 249 g/mol. The van der Waals surface area contributed by atoms with Gasteiger partial charge in [-0.2, -0.15) is 0 Å². The van der Waals surface area contributed by atoms with E-state index in [1.165, 1.54) is 7.11 Å². The Bertz CT molecular complexity index is 399. The highest BCUT2D eigenvalue weighted by Gasteiger charge is 2.18. The topological polar surface area (TPSA) is 61.6 Å². The van der Waals surface area contributed by atoms with E-state index in [1.54, 1.807) is 0 Å². The summed E-state index contributed by atoms with van der Waals surface area (Å²) in [6, 6.07) is 1.80. The fraction of sp³-hybridized carbons (Fsp3) is 0.333. The molecule has 0 saturated heterocycles. The standard InChI is InChI=1S/C9H9ClFNO4/c1-15-2-3-16-9-4-6(10)7(11)5-8(9)12(13)14/h4-5H,2-3H2,1H3. The molecule has 88 valence electrons. The number of ether oxygens (including phenoxy) is 2. The highest BCUT2D eigenvalue weighted by Crippen LogP contribution is 2.32. The molecule has 0 atom stereocenters. The Morgan fingerprint density at radius 2 is 2.19 bits per heavy atom. The lowest BCUT2D eigenvalue weighted by molar-refractivity contribution is -0.386. The summed E-state index contributed by atoms with van der Waals surface area (Å²) < 4.78 is 22.8. The van der Waals surface area contributed by atoms with E-state index in [0.29, 0.717) is 0 Å². The van der Waals surface area contributed by atoms with E-state index in [1.807, 2.05) is 0 Å². The number of rotatable bonds is 5. The Hall–Kier alpha value is -1.40. The van der Waals surface area contributed by atoms with Crippen molar-refractivity contribution in [2.45, 2.75) is 0 Å². The summed E-state index contributed by atoms with van der Waals surface area (Å²) in [6.45, 7) is 0.394. The van der Waals surface area contributed by atoms with E-state index in [4.69, 9.17) is 21.1 Å². The van der Waals surface area contributed by atoms with Gasteiger partial charge in [-0.3, -0.25) is 10.1 Å². The maximum absolute atomic E-state index is 13.0.